The molecule has 0 aliphatic heterocycles. The van der Waals surface area contributed by atoms with Crippen LogP contribution in [0.25, 0.3) is 11.1 Å². The molecule has 3 rings (SSSR count). The molecular formula is C25H16F12O3. The van der Waals surface area contributed by atoms with E-state index in [0.29, 0.717) is 24.3 Å². The number of hydrogen-bond acceptors (Lipinski definition) is 3. The summed E-state index contributed by atoms with van der Waals surface area (Å²) in [5.41, 5.74) is -4.47. The number of ether oxygens (including phenoxy) is 3. The van der Waals surface area contributed by atoms with Gasteiger partial charge in [-0.05, 0) is 43.0 Å². The molecule has 0 amide bonds. The van der Waals surface area contributed by atoms with Crippen molar-refractivity contribution in [3.8, 4) is 28.4 Å². The molecule has 0 radical (unpaired) electrons. The Balaban J connectivity index is 2.18. The lowest BCUT2D eigenvalue weighted by Gasteiger charge is -2.20. The van der Waals surface area contributed by atoms with Crippen LogP contribution in [0.1, 0.15) is 24.5 Å². The average molecular weight is 592 g/mol. The third-order valence-electron chi connectivity index (χ3n) is 5.26. The van der Waals surface area contributed by atoms with E-state index in [1.54, 1.807) is 0 Å². The van der Waals surface area contributed by atoms with Gasteiger partial charge in [-0.3, -0.25) is 0 Å². The maximum Gasteiger partial charge on any atom is 0.573 e. The van der Waals surface area contributed by atoms with Crippen LogP contribution in [0, 0.1) is 40.7 Å². The lowest BCUT2D eigenvalue weighted by Crippen LogP contribution is -2.20. The molecule has 40 heavy (non-hydrogen) atoms. The summed E-state index contributed by atoms with van der Waals surface area (Å²) in [5, 5.41) is 0. The molecule has 3 aromatic carbocycles. The lowest BCUT2D eigenvalue weighted by atomic mass is 9.96. The molecule has 0 aromatic heterocycles. The molecule has 15 heteroatoms. The number of aryl methyl sites for hydroxylation is 1. The summed E-state index contributed by atoms with van der Waals surface area (Å²) >= 11 is 0. The Bertz CT molecular complexity index is 1340. The average Bonchev–Trinajstić information content (AvgIpc) is 2.83. The Morgan fingerprint density at radius 1 is 0.725 bits per heavy atom. The van der Waals surface area contributed by atoms with Crippen LogP contribution >= 0.6 is 0 Å². The SMILES string of the molecule is CCCOc1c(F)c(F)c(CCc2cc(OC(F)F)c(-c3cc(F)cc(F)c3)c(F)c2OC(F)(F)F)c(F)c1F. The van der Waals surface area contributed by atoms with Gasteiger partial charge in [0.15, 0.2) is 29.0 Å². The van der Waals surface area contributed by atoms with E-state index in [1.165, 1.54) is 6.92 Å². The van der Waals surface area contributed by atoms with Crippen LogP contribution in [-0.2, 0) is 12.8 Å². The zero-order chi connectivity index (χ0) is 29.9. The van der Waals surface area contributed by atoms with Gasteiger partial charge >= 0.3 is 13.0 Å². The number of benzene rings is 3. The predicted molar refractivity (Wildman–Crippen MR) is 115 cm³/mol. The molecule has 3 nitrogen and oxygen atoms in total. The number of rotatable bonds is 10. The Kier molecular flexibility index (Phi) is 9.36. The van der Waals surface area contributed by atoms with E-state index in [9.17, 15) is 48.3 Å². The van der Waals surface area contributed by atoms with Crippen molar-refractivity contribution in [2.24, 2.45) is 0 Å². The molecule has 218 valence electrons. The summed E-state index contributed by atoms with van der Waals surface area (Å²) in [6.07, 6.45) is -7.65. The third-order valence-corrected chi connectivity index (χ3v) is 5.26. The van der Waals surface area contributed by atoms with Crippen LogP contribution in [0.3, 0.4) is 0 Å². The third kappa shape index (κ3) is 6.86. The van der Waals surface area contributed by atoms with Crippen molar-refractivity contribution in [1.29, 1.82) is 0 Å². The predicted octanol–water partition coefficient (Wildman–Crippen LogP) is 8.40. The summed E-state index contributed by atoms with van der Waals surface area (Å²) in [7, 11) is 0. The second-order valence-corrected chi connectivity index (χ2v) is 8.05. The summed E-state index contributed by atoms with van der Waals surface area (Å²) < 4.78 is 179. The molecule has 0 unspecified atom stereocenters. The molecule has 0 saturated carbocycles. The first kappa shape index (κ1) is 30.8. The summed E-state index contributed by atoms with van der Waals surface area (Å²) in [6, 6.07) is 1.44. The van der Waals surface area contributed by atoms with E-state index in [4.69, 9.17) is 0 Å². The van der Waals surface area contributed by atoms with Crippen molar-refractivity contribution in [2.45, 2.75) is 39.2 Å². The molecule has 0 bridgehead atoms. The van der Waals surface area contributed by atoms with Crippen LogP contribution in [0.15, 0.2) is 24.3 Å². The molecule has 0 spiro atoms. The van der Waals surface area contributed by atoms with Crippen LogP contribution in [-0.4, -0.2) is 19.6 Å². The van der Waals surface area contributed by atoms with Crippen LogP contribution in [0.5, 0.6) is 17.2 Å². The van der Waals surface area contributed by atoms with Gasteiger partial charge in [-0.1, -0.05) is 6.92 Å². The van der Waals surface area contributed by atoms with Gasteiger partial charge in [0.05, 0.1) is 12.2 Å². The Morgan fingerprint density at radius 3 is 1.80 bits per heavy atom. The second kappa shape index (κ2) is 12.2. The normalized spacial score (nSPS) is 11.8. The van der Waals surface area contributed by atoms with E-state index in [0.717, 1.165) is 0 Å². The fourth-order valence-corrected chi connectivity index (χ4v) is 3.69. The number of alkyl halides is 5. The van der Waals surface area contributed by atoms with Gasteiger partial charge in [0.2, 0.25) is 11.6 Å². The van der Waals surface area contributed by atoms with Crippen molar-refractivity contribution >= 4 is 0 Å². The first-order valence-electron chi connectivity index (χ1n) is 11.1. The van der Waals surface area contributed by atoms with Gasteiger partial charge < -0.3 is 14.2 Å². The topological polar surface area (TPSA) is 27.7 Å². The molecular weight excluding hydrogens is 576 g/mol. The lowest BCUT2D eigenvalue weighted by molar-refractivity contribution is -0.275. The van der Waals surface area contributed by atoms with Crippen molar-refractivity contribution in [1.82, 2.24) is 0 Å². The van der Waals surface area contributed by atoms with E-state index in [2.05, 4.69) is 14.2 Å². The molecule has 0 N–H and O–H groups in total. The first-order chi connectivity index (χ1) is 18.6. The van der Waals surface area contributed by atoms with E-state index >= 15 is 4.39 Å². The molecule has 0 saturated heterocycles. The molecule has 0 fully saturated rings. The van der Waals surface area contributed by atoms with Crippen molar-refractivity contribution in [3.05, 3.63) is 76.1 Å². The summed E-state index contributed by atoms with van der Waals surface area (Å²) in [5.74, 6) is -17.0. The largest absolute Gasteiger partial charge is 0.573 e. The number of halogens is 12. The molecule has 0 aliphatic rings. The highest BCUT2D eigenvalue weighted by Crippen LogP contribution is 2.43. The summed E-state index contributed by atoms with van der Waals surface area (Å²) in [6.45, 7) is -2.52. The molecule has 0 heterocycles. The van der Waals surface area contributed by atoms with Gasteiger partial charge in [-0.2, -0.15) is 17.6 Å². The van der Waals surface area contributed by atoms with E-state index in [-0.39, 0.29) is 13.0 Å². The zero-order valence-corrected chi connectivity index (χ0v) is 20.0. The van der Waals surface area contributed by atoms with Gasteiger partial charge in [-0.25, -0.2) is 22.0 Å². The minimum atomic E-state index is -5.63. The first-order valence-corrected chi connectivity index (χ1v) is 11.1. The van der Waals surface area contributed by atoms with Crippen LogP contribution in [0.4, 0.5) is 52.7 Å². The second-order valence-electron chi connectivity index (χ2n) is 8.05. The summed E-state index contributed by atoms with van der Waals surface area (Å²) in [4.78, 5) is 0. The minimum absolute atomic E-state index is 0.207. The highest BCUT2D eigenvalue weighted by atomic mass is 19.4. The molecule has 0 atom stereocenters. The van der Waals surface area contributed by atoms with E-state index < -0.39 is 106 Å². The van der Waals surface area contributed by atoms with Gasteiger partial charge in [0.1, 0.15) is 17.4 Å². The Morgan fingerprint density at radius 2 is 1.30 bits per heavy atom. The maximum atomic E-state index is 15.4. The smallest absolute Gasteiger partial charge is 0.487 e. The quantitative estimate of drug-likeness (QED) is 0.175. The number of hydrogen-bond donors (Lipinski definition) is 0. The molecule has 3 aromatic rings. The van der Waals surface area contributed by atoms with E-state index in [1.807, 2.05) is 0 Å². The Labute approximate surface area is 217 Å². The fourth-order valence-electron chi connectivity index (χ4n) is 3.69. The molecule has 0 aliphatic carbocycles. The monoisotopic (exact) mass is 592 g/mol. The Hall–Kier alpha value is -3.78. The van der Waals surface area contributed by atoms with Gasteiger partial charge in [0, 0.05) is 17.2 Å². The van der Waals surface area contributed by atoms with Crippen LogP contribution in [0.2, 0.25) is 0 Å². The minimum Gasteiger partial charge on any atom is -0.487 e. The van der Waals surface area contributed by atoms with Crippen LogP contribution < -0.4 is 14.2 Å². The van der Waals surface area contributed by atoms with Gasteiger partial charge in [-0.15, -0.1) is 13.2 Å². The van der Waals surface area contributed by atoms with Crippen molar-refractivity contribution in [2.75, 3.05) is 6.61 Å². The van der Waals surface area contributed by atoms with Crippen molar-refractivity contribution < 1.29 is 66.9 Å². The highest BCUT2D eigenvalue weighted by Gasteiger charge is 2.36. The van der Waals surface area contributed by atoms with Gasteiger partial charge in [0.25, 0.3) is 0 Å². The standard InChI is InChI=1S/C25H16F12O3/c1-2-5-38-23-20(31)17(28)14(18(29)21(23)32)4-3-10-8-15(39-24(33)34)16(11-6-12(26)9-13(27)7-11)19(30)22(10)40-25(35,36)37/h6-9,24H,2-5H2,1H3. The fraction of sp³-hybridized carbons (Fsp3) is 0.280. The zero-order valence-electron chi connectivity index (χ0n) is 20.0. The maximum absolute atomic E-state index is 15.4. The van der Waals surface area contributed by atoms with Crippen molar-refractivity contribution in [3.63, 3.8) is 0 Å². The highest BCUT2D eigenvalue weighted by molar-refractivity contribution is 5.74.